The van der Waals surface area contributed by atoms with E-state index in [2.05, 4.69) is 33.4 Å². The lowest BCUT2D eigenvalue weighted by Crippen LogP contribution is -2.48. The number of nitrogens with zero attached hydrogens (tertiary/aromatic N) is 1. The van der Waals surface area contributed by atoms with Crippen molar-refractivity contribution in [1.82, 2.24) is 16.1 Å². The molecule has 0 saturated carbocycles. The van der Waals surface area contributed by atoms with Gasteiger partial charge in [-0.05, 0) is 18.6 Å². The molecular formula is C7H11N5O2S. The molecule has 0 unspecified atom stereocenters. The minimum Gasteiger partial charge on any atom is -0.375 e. The van der Waals surface area contributed by atoms with Gasteiger partial charge >= 0.3 is 6.03 Å². The molecule has 0 aromatic heterocycles. The largest absolute Gasteiger partial charge is 0.375 e. The van der Waals surface area contributed by atoms with Crippen LogP contribution in [0.1, 0.15) is 13.3 Å². The summed E-state index contributed by atoms with van der Waals surface area (Å²) in [6, 6.07) is -0.538. The Balaban J connectivity index is 2.77. The number of nitrogens with two attached hydrogens (primary N) is 1. The van der Waals surface area contributed by atoms with Crippen LogP contribution in [0.4, 0.5) is 4.79 Å². The van der Waals surface area contributed by atoms with Gasteiger partial charge in [0.1, 0.15) is 0 Å². The topological polar surface area (TPSA) is 109 Å². The van der Waals surface area contributed by atoms with Crippen molar-refractivity contribution in [3.8, 4) is 0 Å². The highest BCUT2D eigenvalue weighted by Crippen LogP contribution is 2.12. The van der Waals surface area contributed by atoms with Crippen LogP contribution in [0.3, 0.4) is 0 Å². The van der Waals surface area contributed by atoms with Crippen LogP contribution in [0.5, 0.6) is 0 Å². The van der Waals surface area contributed by atoms with Crippen molar-refractivity contribution in [2.75, 3.05) is 0 Å². The molecule has 15 heavy (non-hydrogen) atoms. The van der Waals surface area contributed by atoms with Crippen molar-refractivity contribution < 1.29 is 9.59 Å². The number of rotatable bonds is 3. The Morgan fingerprint density at radius 1 is 1.73 bits per heavy atom. The molecule has 3 amide bonds. The maximum Gasteiger partial charge on any atom is 0.322 e. The van der Waals surface area contributed by atoms with Crippen LogP contribution < -0.4 is 21.8 Å². The average Bonchev–Trinajstić information content (AvgIpc) is 2.41. The molecule has 82 valence electrons. The summed E-state index contributed by atoms with van der Waals surface area (Å²) in [5, 5.41) is 8.24. The number of amides is 3. The van der Waals surface area contributed by atoms with Gasteiger partial charge in [0.15, 0.2) is 10.7 Å². The van der Waals surface area contributed by atoms with Crippen LogP contribution in [0.15, 0.2) is 5.10 Å². The van der Waals surface area contributed by atoms with Gasteiger partial charge in [-0.25, -0.2) is 4.79 Å². The van der Waals surface area contributed by atoms with Gasteiger partial charge in [0.25, 0.3) is 5.91 Å². The van der Waals surface area contributed by atoms with Crippen molar-refractivity contribution in [2.45, 2.75) is 18.9 Å². The predicted octanol–water partition coefficient (Wildman–Crippen LogP) is -1.21. The predicted molar refractivity (Wildman–Crippen MR) is 58.1 cm³/mol. The number of urea groups is 1. The number of carbonyl (C=O) groups is 2. The molecule has 1 atom stereocenters. The van der Waals surface area contributed by atoms with Crippen LogP contribution in [0, 0.1) is 0 Å². The van der Waals surface area contributed by atoms with E-state index in [0.29, 0.717) is 6.42 Å². The van der Waals surface area contributed by atoms with Gasteiger partial charge < -0.3 is 11.1 Å². The highest BCUT2D eigenvalue weighted by molar-refractivity contribution is 7.80. The first-order valence-electron chi connectivity index (χ1n) is 4.23. The van der Waals surface area contributed by atoms with E-state index in [4.69, 9.17) is 5.73 Å². The fourth-order valence-corrected chi connectivity index (χ4v) is 1.20. The van der Waals surface area contributed by atoms with Crippen molar-refractivity contribution in [1.29, 1.82) is 0 Å². The van der Waals surface area contributed by atoms with E-state index >= 15 is 0 Å². The minimum absolute atomic E-state index is 0.0118. The molecule has 0 radical (unpaired) electrons. The van der Waals surface area contributed by atoms with Gasteiger partial charge in [0.05, 0.1) is 6.21 Å². The summed E-state index contributed by atoms with van der Waals surface area (Å²) in [4.78, 5) is 22.4. The van der Waals surface area contributed by atoms with E-state index in [-0.39, 0.29) is 5.11 Å². The summed E-state index contributed by atoms with van der Waals surface area (Å²) < 4.78 is 0. The number of imide groups is 1. The van der Waals surface area contributed by atoms with Gasteiger partial charge in [-0.15, -0.1) is 0 Å². The van der Waals surface area contributed by atoms with E-state index in [0.717, 1.165) is 0 Å². The molecular weight excluding hydrogens is 218 g/mol. The number of carbonyl (C=O) groups excluding carboxylic acids is 2. The van der Waals surface area contributed by atoms with Gasteiger partial charge in [-0.1, -0.05) is 6.92 Å². The van der Waals surface area contributed by atoms with Crippen molar-refractivity contribution in [3.63, 3.8) is 0 Å². The Morgan fingerprint density at radius 2 is 2.40 bits per heavy atom. The Bertz CT molecular complexity index is 342. The molecule has 1 rings (SSSR count). The van der Waals surface area contributed by atoms with Gasteiger partial charge in [0.2, 0.25) is 0 Å². The van der Waals surface area contributed by atoms with Crippen LogP contribution in [-0.2, 0) is 4.79 Å². The van der Waals surface area contributed by atoms with Crippen LogP contribution in [0.25, 0.3) is 0 Å². The third-order valence-electron chi connectivity index (χ3n) is 1.99. The molecule has 0 aromatic carbocycles. The first kappa shape index (κ1) is 11.4. The molecule has 0 spiro atoms. The lowest BCUT2D eigenvalue weighted by Gasteiger charge is -2.18. The molecule has 1 fully saturated rings. The summed E-state index contributed by atoms with van der Waals surface area (Å²) in [6.45, 7) is 1.75. The van der Waals surface area contributed by atoms with Gasteiger partial charge in [0, 0.05) is 0 Å². The molecule has 7 nitrogen and oxygen atoms in total. The first-order chi connectivity index (χ1) is 7.00. The van der Waals surface area contributed by atoms with Gasteiger partial charge in [-0.3, -0.25) is 15.5 Å². The van der Waals surface area contributed by atoms with Crippen molar-refractivity contribution in [3.05, 3.63) is 0 Å². The van der Waals surface area contributed by atoms with Gasteiger partial charge in [-0.2, -0.15) is 5.10 Å². The second kappa shape index (κ2) is 4.22. The molecule has 1 aliphatic rings. The highest BCUT2D eigenvalue weighted by Gasteiger charge is 2.43. The van der Waals surface area contributed by atoms with Crippen LogP contribution in [-0.4, -0.2) is 28.8 Å². The average molecular weight is 229 g/mol. The van der Waals surface area contributed by atoms with Crippen molar-refractivity contribution in [2.24, 2.45) is 10.8 Å². The van der Waals surface area contributed by atoms with Crippen LogP contribution >= 0.6 is 12.2 Å². The molecule has 1 heterocycles. The number of hydrogen-bond donors (Lipinski definition) is 4. The molecule has 5 N–H and O–H groups in total. The lowest BCUT2D eigenvalue weighted by molar-refractivity contribution is -0.121. The number of hydrazone groups is 1. The first-order valence-corrected chi connectivity index (χ1v) is 4.64. The van der Waals surface area contributed by atoms with E-state index in [1.165, 1.54) is 6.21 Å². The zero-order valence-electron chi connectivity index (χ0n) is 8.03. The SMILES string of the molecule is CC[C@]1(/C=N/NC(N)=S)NC(=O)NC1=O. The fourth-order valence-electron chi connectivity index (χ4n) is 1.14. The lowest BCUT2D eigenvalue weighted by atomic mass is 9.99. The summed E-state index contributed by atoms with van der Waals surface area (Å²) >= 11 is 4.53. The Morgan fingerprint density at radius 3 is 2.80 bits per heavy atom. The number of hydrogen-bond acceptors (Lipinski definition) is 4. The van der Waals surface area contributed by atoms with E-state index in [1.54, 1.807) is 6.92 Å². The van der Waals surface area contributed by atoms with Crippen LogP contribution in [0.2, 0.25) is 0 Å². The van der Waals surface area contributed by atoms with E-state index in [9.17, 15) is 9.59 Å². The standard InChI is InChI=1S/C7H11N5O2S/c1-2-7(3-9-12-5(8)15)4(13)10-6(14)11-7/h3H,2H2,1H3,(H3,8,12,15)(H2,10,11,13,14)/b9-3+/t7-/m1/s1. The molecule has 0 aliphatic carbocycles. The second-order valence-corrected chi connectivity index (χ2v) is 3.41. The normalized spacial score (nSPS) is 25.1. The summed E-state index contributed by atoms with van der Waals surface area (Å²) in [6.07, 6.45) is 1.65. The number of nitrogens with one attached hydrogen (secondary N) is 3. The third kappa shape index (κ3) is 2.40. The summed E-state index contributed by atoms with van der Waals surface area (Å²) in [5.41, 5.74) is 6.34. The zero-order valence-corrected chi connectivity index (χ0v) is 8.85. The monoisotopic (exact) mass is 229 g/mol. The molecule has 8 heteroatoms. The maximum absolute atomic E-state index is 11.4. The minimum atomic E-state index is -1.12. The zero-order chi connectivity index (χ0) is 11.5. The highest BCUT2D eigenvalue weighted by atomic mass is 32.1. The Labute approximate surface area is 91.5 Å². The summed E-state index contributed by atoms with van der Waals surface area (Å²) in [7, 11) is 0. The van der Waals surface area contributed by atoms with E-state index < -0.39 is 17.5 Å². The Hall–Kier alpha value is -1.70. The smallest absolute Gasteiger partial charge is 0.322 e. The molecule has 1 saturated heterocycles. The maximum atomic E-state index is 11.4. The van der Waals surface area contributed by atoms with E-state index in [1.807, 2.05) is 0 Å². The summed E-state index contributed by atoms with van der Waals surface area (Å²) in [5.74, 6) is -0.441. The molecule has 0 bridgehead atoms. The second-order valence-electron chi connectivity index (χ2n) is 2.97. The van der Waals surface area contributed by atoms with Crippen molar-refractivity contribution >= 4 is 35.5 Å². The number of thiocarbonyl (C=S) groups is 1. The third-order valence-corrected chi connectivity index (χ3v) is 2.08. The fraction of sp³-hybridized carbons (Fsp3) is 0.429. The quantitative estimate of drug-likeness (QED) is 0.210. The molecule has 0 aromatic rings. The Kier molecular flexibility index (Phi) is 3.20. The molecule has 1 aliphatic heterocycles.